The molecular weight excluding hydrogens is 246 g/mol. The molecule has 0 amide bonds. The lowest BCUT2D eigenvalue weighted by Gasteiger charge is -2.37. The van der Waals surface area contributed by atoms with Gasteiger partial charge in [0.25, 0.3) is 0 Å². The van der Waals surface area contributed by atoms with Gasteiger partial charge in [0.2, 0.25) is 0 Å². The molecule has 20 heavy (non-hydrogen) atoms. The van der Waals surface area contributed by atoms with Gasteiger partial charge in [0, 0.05) is 44.8 Å². The first-order chi connectivity index (χ1) is 9.71. The molecule has 0 aromatic heterocycles. The Balaban J connectivity index is 1.54. The van der Waals surface area contributed by atoms with E-state index in [1.807, 2.05) is 0 Å². The van der Waals surface area contributed by atoms with Crippen LogP contribution in [-0.4, -0.2) is 37.6 Å². The summed E-state index contributed by atoms with van der Waals surface area (Å²) in [6, 6.07) is 11.1. The summed E-state index contributed by atoms with van der Waals surface area (Å²) in [4.78, 5) is 5.03. The fourth-order valence-electron chi connectivity index (χ4n) is 3.20. The molecule has 3 heteroatoms. The van der Waals surface area contributed by atoms with Gasteiger partial charge >= 0.3 is 0 Å². The Morgan fingerprint density at radius 1 is 1.20 bits per heavy atom. The Morgan fingerprint density at radius 2 is 1.95 bits per heavy atom. The number of nitriles is 1. The van der Waals surface area contributed by atoms with Gasteiger partial charge in [0.1, 0.15) is 0 Å². The summed E-state index contributed by atoms with van der Waals surface area (Å²) in [5.74, 6) is 0. The lowest BCUT2D eigenvalue weighted by Crippen LogP contribution is -2.48. The zero-order chi connectivity index (χ0) is 14.0. The summed E-state index contributed by atoms with van der Waals surface area (Å²) < 4.78 is 0. The maximum absolute atomic E-state index is 8.91. The van der Waals surface area contributed by atoms with E-state index in [2.05, 4.69) is 47.1 Å². The van der Waals surface area contributed by atoms with E-state index in [0.29, 0.717) is 5.41 Å². The van der Waals surface area contributed by atoms with E-state index < -0.39 is 0 Å². The van der Waals surface area contributed by atoms with Crippen LogP contribution < -0.4 is 4.90 Å². The first-order valence-corrected chi connectivity index (χ1v) is 7.62. The molecule has 0 unspecified atom stereocenters. The largest absolute Gasteiger partial charge is 0.369 e. The number of piperazine rings is 1. The number of aryl methyl sites for hydroxylation is 1. The topological polar surface area (TPSA) is 30.3 Å². The second kappa shape index (κ2) is 5.46. The quantitative estimate of drug-likeness (QED) is 0.842. The zero-order valence-corrected chi connectivity index (χ0v) is 12.3. The Kier molecular flexibility index (Phi) is 3.67. The molecule has 2 fully saturated rings. The van der Waals surface area contributed by atoms with Crippen molar-refractivity contribution in [3.8, 4) is 6.07 Å². The van der Waals surface area contributed by atoms with Crippen molar-refractivity contribution in [2.45, 2.75) is 26.2 Å². The number of anilines is 1. The third-order valence-corrected chi connectivity index (χ3v) is 4.71. The Bertz CT molecular complexity index is 505. The number of hydrogen-bond donors (Lipinski definition) is 0. The van der Waals surface area contributed by atoms with Gasteiger partial charge in [-0.25, -0.2) is 0 Å². The Morgan fingerprint density at radius 3 is 2.55 bits per heavy atom. The van der Waals surface area contributed by atoms with E-state index >= 15 is 0 Å². The van der Waals surface area contributed by atoms with Crippen LogP contribution in [0.2, 0.25) is 0 Å². The van der Waals surface area contributed by atoms with Crippen LogP contribution >= 0.6 is 0 Å². The molecule has 0 spiro atoms. The lowest BCUT2D eigenvalue weighted by atomic mass is 10.0. The van der Waals surface area contributed by atoms with E-state index in [9.17, 15) is 0 Å². The van der Waals surface area contributed by atoms with Crippen molar-refractivity contribution in [3.63, 3.8) is 0 Å². The second-order valence-electron chi connectivity index (χ2n) is 6.44. The number of hydrogen-bond acceptors (Lipinski definition) is 3. The Labute approximate surface area is 121 Å². The van der Waals surface area contributed by atoms with Gasteiger partial charge in [-0.05, 0) is 42.9 Å². The molecule has 0 radical (unpaired) electrons. The molecule has 0 atom stereocenters. The maximum atomic E-state index is 8.91. The normalized spacial score (nSPS) is 21.5. The number of benzene rings is 1. The molecule has 1 heterocycles. The fraction of sp³-hybridized carbons (Fsp3) is 0.588. The summed E-state index contributed by atoms with van der Waals surface area (Å²) in [6.07, 6.45) is 3.24. The highest BCUT2D eigenvalue weighted by molar-refractivity contribution is 5.48. The van der Waals surface area contributed by atoms with Crippen molar-refractivity contribution in [3.05, 3.63) is 29.8 Å². The van der Waals surface area contributed by atoms with Crippen LogP contribution in [0.1, 0.15) is 24.8 Å². The highest BCUT2D eigenvalue weighted by Gasteiger charge is 2.43. The second-order valence-corrected chi connectivity index (χ2v) is 6.44. The van der Waals surface area contributed by atoms with Gasteiger partial charge in [0.15, 0.2) is 0 Å². The van der Waals surface area contributed by atoms with Gasteiger partial charge in [-0.2, -0.15) is 5.26 Å². The van der Waals surface area contributed by atoms with Gasteiger partial charge in [-0.3, -0.25) is 4.90 Å². The van der Waals surface area contributed by atoms with Crippen molar-refractivity contribution >= 4 is 5.69 Å². The molecule has 3 rings (SSSR count). The smallest absolute Gasteiger partial charge is 0.0628 e. The molecule has 106 valence electrons. The first-order valence-electron chi connectivity index (χ1n) is 7.62. The molecule has 0 bridgehead atoms. The predicted octanol–water partition coefficient (Wildman–Crippen LogP) is 2.81. The Hall–Kier alpha value is -1.53. The van der Waals surface area contributed by atoms with Crippen LogP contribution in [0.5, 0.6) is 0 Å². The van der Waals surface area contributed by atoms with E-state index in [1.165, 1.54) is 24.1 Å². The monoisotopic (exact) mass is 269 g/mol. The summed E-state index contributed by atoms with van der Waals surface area (Å²) in [6.45, 7) is 7.74. The third-order valence-electron chi connectivity index (χ3n) is 4.71. The zero-order valence-electron chi connectivity index (χ0n) is 12.3. The van der Waals surface area contributed by atoms with Crippen LogP contribution in [-0.2, 0) is 0 Å². The van der Waals surface area contributed by atoms with Crippen LogP contribution in [0.4, 0.5) is 5.69 Å². The van der Waals surface area contributed by atoms with Crippen LogP contribution in [0.15, 0.2) is 24.3 Å². The first kappa shape index (κ1) is 13.5. The average Bonchev–Trinajstić information content (AvgIpc) is 3.19. The number of rotatable bonds is 4. The summed E-state index contributed by atoms with van der Waals surface area (Å²) >= 11 is 0. The molecule has 1 saturated carbocycles. The molecule has 2 aliphatic rings. The average molecular weight is 269 g/mol. The molecule has 1 aliphatic carbocycles. The molecule has 0 N–H and O–H groups in total. The van der Waals surface area contributed by atoms with Crippen LogP contribution in [0.25, 0.3) is 0 Å². The molecule has 1 aromatic rings. The van der Waals surface area contributed by atoms with Crippen molar-refractivity contribution in [1.82, 2.24) is 4.90 Å². The van der Waals surface area contributed by atoms with E-state index in [1.54, 1.807) is 0 Å². The van der Waals surface area contributed by atoms with Crippen LogP contribution in [0, 0.1) is 23.7 Å². The SMILES string of the molecule is Cc1cccc(N2CCN(CC3(CC#N)CC3)CC2)c1. The highest BCUT2D eigenvalue weighted by Crippen LogP contribution is 2.49. The van der Waals surface area contributed by atoms with Gasteiger partial charge in [-0.1, -0.05) is 12.1 Å². The minimum atomic E-state index is 0.347. The van der Waals surface area contributed by atoms with Gasteiger partial charge in [-0.15, -0.1) is 0 Å². The van der Waals surface area contributed by atoms with Gasteiger partial charge < -0.3 is 4.90 Å². The minimum Gasteiger partial charge on any atom is -0.369 e. The maximum Gasteiger partial charge on any atom is 0.0628 e. The lowest BCUT2D eigenvalue weighted by molar-refractivity contribution is 0.209. The molecule has 1 saturated heterocycles. The summed E-state index contributed by atoms with van der Waals surface area (Å²) in [5.41, 5.74) is 3.03. The van der Waals surface area contributed by atoms with E-state index in [0.717, 1.165) is 39.1 Å². The molecule has 1 aromatic carbocycles. The van der Waals surface area contributed by atoms with Crippen molar-refractivity contribution in [2.24, 2.45) is 5.41 Å². The standard InChI is InChI=1S/C17H23N3/c1-15-3-2-4-16(13-15)20-11-9-19(10-12-20)14-17(5-6-17)7-8-18/h2-4,13H,5-7,9-12,14H2,1H3. The predicted molar refractivity (Wildman–Crippen MR) is 81.7 cm³/mol. The van der Waals surface area contributed by atoms with Crippen molar-refractivity contribution in [1.29, 1.82) is 5.26 Å². The van der Waals surface area contributed by atoms with E-state index in [4.69, 9.17) is 5.26 Å². The van der Waals surface area contributed by atoms with Crippen molar-refractivity contribution < 1.29 is 0 Å². The van der Waals surface area contributed by atoms with E-state index in [-0.39, 0.29) is 0 Å². The minimum absolute atomic E-state index is 0.347. The summed E-state index contributed by atoms with van der Waals surface area (Å²) in [5, 5.41) is 8.91. The van der Waals surface area contributed by atoms with Gasteiger partial charge in [0.05, 0.1) is 6.07 Å². The molecule has 1 aliphatic heterocycles. The molecular formula is C17H23N3. The van der Waals surface area contributed by atoms with Crippen molar-refractivity contribution in [2.75, 3.05) is 37.6 Å². The number of nitrogens with zero attached hydrogens (tertiary/aromatic N) is 3. The van der Waals surface area contributed by atoms with Crippen LogP contribution in [0.3, 0.4) is 0 Å². The highest BCUT2D eigenvalue weighted by atomic mass is 15.3. The third kappa shape index (κ3) is 2.96. The fourth-order valence-corrected chi connectivity index (χ4v) is 3.20. The molecule has 3 nitrogen and oxygen atoms in total. The summed E-state index contributed by atoms with van der Waals surface area (Å²) in [7, 11) is 0.